The number of nitrogens with one attached hydrogen (secondary N) is 1. The highest BCUT2D eigenvalue weighted by molar-refractivity contribution is 9.10. The largest absolute Gasteiger partial charge is 0.490 e. The van der Waals surface area contributed by atoms with Crippen LogP contribution in [0.25, 0.3) is 10.9 Å². The second kappa shape index (κ2) is 11.0. The summed E-state index contributed by atoms with van der Waals surface area (Å²) in [5, 5.41) is 4.92. The van der Waals surface area contributed by atoms with Gasteiger partial charge in [-0.05, 0) is 47.1 Å². The molecule has 0 unspecified atom stereocenters. The molecule has 0 fully saturated rings. The lowest BCUT2D eigenvalue weighted by molar-refractivity contribution is -0.123. The van der Waals surface area contributed by atoms with Gasteiger partial charge in [0.2, 0.25) is 0 Å². The van der Waals surface area contributed by atoms with Gasteiger partial charge in [-0.25, -0.2) is 5.43 Å². The van der Waals surface area contributed by atoms with Gasteiger partial charge in [0.15, 0.2) is 18.1 Å². The van der Waals surface area contributed by atoms with Crippen LogP contribution in [-0.4, -0.2) is 36.9 Å². The molecule has 0 spiro atoms. The number of nitrogens with zero attached hydrogens (tertiary/aromatic N) is 2. The van der Waals surface area contributed by atoms with Crippen molar-refractivity contribution >= 4 is 39.0 Å². The second-order valence-electron chi connectivity index (χ2n) is 6.16. The smallest absolute Gasteiger partial charge is 0.277 e. The van der Waals surface area contributed by atoms with E-state index in [1.807, 2.05) is 31.2 Å². The third-order valence-corrected chi connectivity index (χ3v) is 4.71. The minimum absolute atomic E-state index is 0.127. The number of halogens is 1. The molecule has 3 rings (SSSR count). The number of carbonyl (C=O) groups excluding carboxylic acids is 1. The zero-order valence-corrected chi connectivity index (χ0v) is 18.4. The number of aromatic nitrogens is 1. The van der Waals surface area contributed by atoms with Crippen LogP contribution in [0.5, 0.6) is 17.2 Å². The van der Waals surface area contributed by atoms with Crippen LogP contribution in [0.15, 0.2) is 58.2 Å². The van der Waals surface area contributed by atoms with Crippen LogP contribution in [0.2, 0.25) is 0 Å². The maximum Gasteiger partial charge on any atom is 0.277 e. The number of fused-ring (bicyclic) bond motifs is 1. The van der Waals surface area contributed by atoms with E-state index in [0.29, 0.717) is 39.4 Å². The molecule has 0 aliphatic rings. The lowest BCUT2D eigenvalue weighted by Crippen LogP contribution is -2.24. The quantitative estimate of drug-likeness (QED) is 0.284. The maximum absolute atomic E-state index is 12.1. The molecule has 0 radical (unpaired) electrons. The number of hydrogen-bond donors (Lipinski definition) is 1. The highest BCUT2D eigenvalue weighted by Gasteiger charge is 2.10. The number of rotatable bonds is 9. The average Bonchev–Trinajstić information content (AvgIpc) is 2.78. The van der Waals surface area contributed by atoms with E-state index in [9.17, 15) is 4.79 Å². The Morgan fingerprint density at radius 3 is 2.81 bits per heavy atom. The fourth-order valence-corrected chi connectivity index (χ4v) is 3.12. The fraction of sp³-hybridized carbons (Fsp3) is 0.174. The van der Waals surface area contributed by atoms with Crippen LogP contribution in [-0.2, 0) is 4.79 Å². The Kier molecular flexibility index (Phi) is 7.85. The molecule has 0 saturated carbocycles. The van der Waals surface area contributed by atoms with Gasteiger partial charge in [-0.2, -0.15) is 5.10 Å². The molecule has 0 bridgehead atoms. The maximum atomic E-state index is 12.1. The molecule has 1 amide bonds. The summed E-state index contributed by atoms with van der Waals surface area (Å²) in [5.41, 5.74) is 3.83. The summed E-state index contributed by atoms with van der Waals surface area (Å²) in [5.74, 6) is 3.59. The van der Waals surface area contributed by atoms with Crippen molar-refractivity contribution in [2.24, 2.45) is 5.10 Å². The van der Waals surface area contributed by atoms with E-state index >= 15 is 0 Å². The molecule has 0 atom stereocenters. The Bertz CT molecular complexity index is 1140. The van der Waals surface area contributed by atoms with E-state index in [4.69, 9.17) is 20.6 Å². The first-order chi connectivity index (χ1) is 15.1. The van der Waals surface area contributed by atoms with Crippen LogP contribution in [0.1, 0.15) is 12.5 Å². The summed E-state index contributed by atoms with van der Waals surface area (Å²) in [6.07, 6.45) is 8.42. The first-order valence-electron chi connectivity index (χ1n) is 9.43. The van der Waals surface area contributed by atoms with Crippen LogP contribution < -0.4 is 19.6 Å². The van der Waals surface area contributed by atoms with Crippen LogP contribution in [0.3, 0.4) is 0 Å². The molecular formula is C23H20BrN3O4. The summed E-state index contributed by atoms with van der Waals surface area (Å²) in [6.45, 7) is 2.26. The predicted octanol–water partition coefficient (Wildman–Crippen LogP) is 3.94. The number of hydrazone groups is 1. The number of pyridine rings is 1. The zero-order valence-electron chi connectivity index (χ0n) is 16.8. The third kappa shape index (κ3) is 5.96. The third-order valence-electron chi connectivity index (χ3n) is 4.02. The molecule has 2 aromatic carbocycles. The van der Waals surface area contributed by atoms with Crippen molar-refractivity contribution in [3.63, 3.8) is 0 Å². The van der Waals surface area contributed by atoms with Crippen LogP contribution >= 0.6 is 15.9 Å². The molecule has 8 heteroatoms. The Labute approximate surface area is 188 Å². The standard InChI is InChI=1S/C23H20BrN3O4/c1-3-11-30-21-13-18(24)17(12-20(21)29-4-2)14-26-27-22(28)15-31-19-9-5-7-16-8-6-10-25-23(16)19/h1,5-10,12-14H,4,11,15H2,2H3,(H,27,28)/b26-14+. The number of amides is 1. The number of benzene rings is 2. The van der Waals surface area contributed by atoms with Gasteiger partial charge in [0.05, 0.1) is 12.8 Å². The lowest BCUT2D eigenvalue weighted by Gasteiger charge is -2.12. The van der Waals surface area contributed by atoms with Crippen molar-refractivity contribution in [1.82, 2.24) is 10.4 Å². The molecule has 0 saturated heterocycles. The van der Waals surface area contributed by atoms with Crippen molar-refractivity contribution < 1.29 is 19.0 Å². The van der Waals surface area contributed by atoms with Gasteiger partial charge in [-0.15, -0.1) is 6.42 Å². The molecule has 1 aromatic heterocycles. The van der Waals surface area contributed by atoms with Gasteiger partial charge in [0.25, 0.3) is 5.91 Å². The Morgan fingerprint density at radius 2 is 2.00 bits per heavy atom. The average molecular weight is 482 g/mol. The van der Waals surface area contributed by atoms with Gasteiger partial charge < -0.3 is 14.2 Å². The number of ether oxygens (including phenoxy) is 3. The SMILES string of the molecule is C#CCOc1cc(Br)c(/C=N/NC(=O)COc2cccc3cccnc23)cc1OCC. The number of carbonyl (C=O) groups is 1. The summed E-state index contributed by atoms with van der Waals surface area (Å²) in [4.78, 5) is 16.4. The predicted molar refractivity (Wildman–Crippen MR) is 123 cm³/mol. The van der Waals surface area contributed by atoms with Crippen molar-refractivity contribution in [2.45, 2.75) is 6.92 Å². The summed E-state index contributed by atoms with van der Waals surface area (Å²) in [6, 6.07) is 12.8. The van der Waals surface area contributed by atoms with E-state index in [1.165, 1.54) is 6.21 Å². The summed E-state index contributed by atoms with van der Waals surface area (Å²) < 4.78 is 17.4. The highest BCUT2D eigenvalue weighted by Crippen LogP contribution is 2.33. The van der Waals surface area contributed by atoms with Gasteiger partial charge >= 0.3 is 0 Å². The number of hydrogen-bond acceptors (Lipinski definition) is 6. The molecule has 158 valence electrons. The first-order valence-corrected chi connectivity index (χ1v) is 10.2. The highest BCUT2D eigenvalue weighted by atomic mass is 79.9. The van der Waals surface area contributed by atoms with Crippen molar-refractivity contribution in [3.05, 3.63) is 58.7 Å². The van der Waals surface area contributed by atoms with E-state index in [2.05, 4.69) is 37.4 Å². The monoisotopic (exact) mass is 481 g/mol. The van der Waals surface area contributed by atoms with Crippen molar-refractivity contribution in [1.29, 1.82) is 0 Å². The molecule has 1 heterocycles. The molecule has 1 N–H and O–H groups in total. The van der Waals surface area contributed by atoms with E-state index in [0.717, 1.165) is 5.39 Å². The van der Waals surface area contributed by atoms with Gasteiger partial charge in [0.1, 0.15) is 17.9 Å². The second-order valence-corrected chi connectivity index (χ2v) is 7.01. The molecular weight excluding hydrogens is 462 g/mol. The lowest BCUT2D eigenvalue weighted by atomic mass is 10.2. The normalized spacial score (nSPS) is 10.6. The summed E-state index contributed by atoms with van der Waals surface area (Å²) >= 11 is 3.45. The van der Waals surface area contributed by atoms with Crippen molar-refractivity contribution in [3.8, 4) is 29.6 Å². The van der Waals surface area contributed by atoms with Gasteiger partial charge in [0, 0.05) is 21.6 Å². The molecule has 31 heavy (non-hydrogen) atoms. The van der Waals surface area contributed by atoms with Crippen LogP contribution in [0.4, 0.5) is 0 Å². The molecule has 3 aromatic rings. The van der Waals surface area contributed by atoms with Gasteiger partial charge in [-0.3, -0.25) is 9.78 Å². The Hall–Kier alpha value is -3.57. The van der Waals surface area contributed by atoms with E-state index in [-0.39, 0.29) is 13.2 Å². The minimum atomic E-state index is -0.403. The Morgan fingerprint density at radius 1 is 1.19 bits per heavy atom. The van der Waals surface area contributed by atoms with Crippen molar-refractivity contribution in [2.75, 3.05) is 19.8 Å². The van der Waals surface area contributed by atoms with Gasteiger partial charge in [-0.1, -0.05) is 24.1 Å². The first kappa shape index (κ1) is 22.1. The van der Waals surface area contributed by atoms with E-state index < -0.39 is 5.91 Å². The minimum Gasteiger partial charge on any atom is -0.490 e. The Balaban J connectivity index is 1.62. The molecule has 0 aliphatic heterocycles. The zero-order chi connectivity index (χ0) is 22.1. The number of para-hydroxylation sites is 1. The van der Waals surface area contributed by atoms with E-state index in [1.54, 1.807) is 24.4 Å². The number of terminal acetylenes is 1. The summed E-state index contributed by atoms with van der Waals surface area (Å²) in [7, 11) is 0. The van der Waals surface area contributed by atoms with Crippen LogP contribution in [0, 0.1) is 12.3 Å². The molecule has 7 nitrogen and oxygen atoms in total. The fourth-order valence-electron chi connectivity index (χ4n) is 2.69. The topological polar surface area (TPSA) is 82.0 Å². The molecule has 0 aliphatic carbocycles.